The van der Waals surface area contributed by atoms with E-state index in [-0.39, 0.29) is 12.0 Å². The van der Waals surface area contributed by atoms with Gasteiger partial charge in [-0.3, -0.25) is 4.79 Å². The highest BCUT2D eigenvalue weighted by Crippen LogP contribution is 2.01. The number of hydrogen-bond acceptors (Lipinski definition) is 4. The molecule has 1 N–H and O–H groups in total. The van der Waals surface area contributed by atoms with E-state index in [2.05, 4.69) is 5.32 Å². The minimum absolute atomic E-state index is 0.0962. The summed E-state index contributed by atoms with van der Waals surface area (Å²) >= 11 is 0. The zero-order valence-corrected chi connectivity index (χ0v) is 10.2. The Kier molecular flexibility index (Phi) is 6.37. The van der Waals surface area contributed by atoms with E-state index in [9.17, 15) is 4.79 Å². The summed E-state index contributed by atoms with van der Waals surface area (Å²) in [7, 11) is 1.66. The fourth-order valence-electron chi connectivity index (χ4n) is 1.68. The second-order valence-electron chi connectivity index (χ2n) is 3.93. The number of ether oxygens (including phenoxy) is 2. The normalized spacial score (nSPS) is 18.5. The maximum Gasteiger partial charge on any atom is 0.251 e. The number of carbonyl (C=O) groups excluding carboxylic acids is 1. The number of nitrogens with one attached hydrogen (secondary N) is 1. The number of nitrogens with zero attached hydrogens (tertiary/aromatic N) is 1. The lowest BCUT2D eigenvalue weighted by Gasteiger charge is -2.29. The maximum atomic E-state index is 11.9. The third-order valence-corrected chi connectivity index (χ3v) is 2.64. The summed E-state index contributed by atoms with van der Waals surface area (Å²) < 4.78 is 10.4. The summed E-state index contributed by atoms with van der Waals surface area (Å²) in [5, 5.41) is 3.22. The van der Waals surface area contributed by atoms with Crippen molar-refractivity contribution < 1.29 is 14.3 Å². The van der Waals surface area contributed by atoms with Crippen LogP contribution in [0.15, 0.2) is 0 Å². The Hall–Kier alpha value is -0.650. The average molecular weight is 230 g/mol. The SMILES string of the molecule is COCCCOC(C)C(=O)N1CCNCC1. The van der Waals surface area contributed by atoms with Gasteiger partial charge in [0.05, 0.1) is 0 Å². The Morgan fingerprint density at radius 2 is 2.06 bits per heavy atom. The lowest BCUT2D eigenvalue weighted by Crippen LogP contribution is -2.49. The van der Waals surface area contributed by atoms with E-state index in [0.29, 0.717) is 13.2 Å². The summed E-state index contributed by atoms with van der Waals surface area (Å²) in [5.41, 5.74) is 0. The monoisotopic (exact) mass is 230 g/mol. The van der Waals surface area contributed by atoms with Crippen molar-refractivity contribution in [3.8, 4) is 0 Å². The third-order valence-electron chi connectivity index (χ3n) is 2.64. The Morgan fingerprint density at radius 1 is 1.38 bits per heavy atom. The van der Waals surface area contributed by atoms with E-state index in [1.54, 1.807) is 7.11 Å². The van der Waals surface area contributed by atoms with Gasteiger partial charge in [-0.15, -0.1) is 0 Å². The molecule has 1 heterocycles. The minimum atomic E-state index is -0.338. The van der Waals surface area contributed by atoms with Crippen LogP contribution >= 0.6 is 0 Å². The first-order valence-electron chi connectivity index (χ1n) is 5.85. The fourth-order valence-corrected chi connectivity index (χ4v) is 1.68. The smallest absolute Gasteiger partial charge is 0.251 e. The van der Waals surface area contributed by atoms with Gasteiger partial charge in [-0.1, -0.05) is 0 Å². The van der Waals surface area contributed by atoms with E-state index in [0.717, 1.165) is 32.6 Å². The van der Waals surface area contributed by atoms with E-state index >= 15 is 0 Å². The Labute approximate surface area is 97.1 Å². The molecule has 1 unspecified atom stereocenters. The molecule has 1 fully saturated rings. The standard InChI is InChI=1S/C11H22N2O3/c1-10(16-9-3-8-15-2)11(14)13-6-4-12-5-7-13/h10,12H,3-9H2,1-2H3. The molecule has 16 heavy (non-hydrogen) atoms. The summed E-state index contributed by atoms with van der Waals surface area (Å²) in [5.74, 6) is 0.0962. The number of amides is 1. The van der Waals surface area contributed by atoms with Crippen LogP contribution in [0.4, 0.5) is 0 Å². The molecule has 1 rings (SSSR count). The highest BCUT2D eigenvalue weighted by atomic mass is 16.5. The van der Waals surface area contributed by atoms with Gasteiger partial charge in [-0.25, -0.2) is 0 Å². The lowest BCUT2D eigenvalue weighted by molar-refractivity contribution is -0.143. The number of methoxy groups -OCH3 is 1. The highest BCUT2D eigenvalue weighted by Gasteiger charge is 2.21. The largest absolute Gasteiger partial charge is 0.385 e. The van der Waals surface area contributed by atoms with Crippen LogP contribution in [0.25, 0.3) is 0 Å². The second-order valence-corrected chi connectivity index (χ2v) is 3.93. The molecular formula is C11H22N2O3. The molecule has 5 nitrogen and oxygen atoms in total. The Morgan fingerprint density at radius 3 is 2.69 bits per heavy atom. The molecule has 1 aliphatic rings. The molecule has 1 saturated heterocycles. The van der Waals surface area contributed by atoms with Crippen molar-refractivity contribution in [2.24, 2.45) is 0 Å². The number of rotatable bonds is 6. The first-order chi connectivity index (χ1) is 7.75. The van der Waals surface area contributed by atoms with Gasteiger partial charge < -0.3 is 19.7 Å². The molecule has 0 radical (unpaired) electrons. The topological polar surface area (TPSA) is 50.8 Å². The molecule has 5 heteroatoms. The first-order valence-corrected chi connectivity index (χ1v) is 5.85. The van der Waals surface area contributed by atoms with Crippen LogP contribution < -0.4 is 5.32 Å². The number of carbonyl (C=O) groups is 1. The van der Waals surface area contributed by atoms with Crippen LogP contribution in [0.1, 0.15) is 13.3 Å². The van der Waals surface area contributed by atoms with Gasteiger partial charge in [0, 0.05) is 46.5 Å². The zero-order valence-electron chi connectivity index (χ0n) is 10.2. The van der Waals surface area contributed by atoms with Crippen LogP contribution in [-0.4, -0.2) is 63.4 Å². The molecule has 94 valence electrons. The highest BCUT2D eigenvalue weighted by molar-refractivity contribution is 5.80. The van der Waals surface area contributed by atoms with Gasteiger partial charge in [0.1, 0.15) is 6.10 Å². The molecule has 0 aliphatic carbocycles. The summed E-state index contributed by atoms with van der Waals surface area (Å²) in [6.45, 7) is 6.39. The number of piperazine rings is 1. The van der Waals surface area contributed by atoms with Crippen molar-refractivity contribution in [2.75, 3.05) is 46.5 Å². The molecular weight excluding hydrogens is 208 g/mol. The Bertz CT molecular complexity index is 205. The molecule has 1 amide bonds. The molecule has 0 aromatic rings. The molecule has 0 bridgehead atoms. The summed E-state index contributed by atoms with van der Waals surface area (Å²) in [4.78, 5) is 13.8. The molecule has 0 spiro atoms. The van der Waals surface area contributed by atoms with E-state index < -0.39 is 0 Å². The lowest BCUT2D eigenvalue weighted by atomic mass is 10.3. The van der Waals surface area contributed by atoms with Gasteiger partial charge in [0.15, 0.2) is 0 Å². The Balaban J connectivity index is 2.18. The molecule has 0 saturated carbocycles. The molecule has 0 aromatic heterocycles. The number of hydrogen-bond donors (Lipinski definition) is 1. The predicted molar refractivity (Wildman–Crippen MR) is 61.4 cm³/mol. The quantitative estimate of drug-likeness (QED) is 0.645. The van der Waals surface area contributed by atoms with E-state index in [1.807, 2.05) is 11.8 Å². The average Bonchev–Trinajstić information content (AvgIpc) is 2.34. The molecule has 0 aromatic carbocycles. The van der Waals surface area contributed by atoms with Crippen molar-refractivity contribution >= 4 is 5.91 Å². The fraction of sp³-hybridized carbons (Fsp3) is 0.909. The van der Waals surface area contributed by atoms with Crippen molar-refractivity contribution in [3.63, 3.8) is 0 Å². The van der Waals surface area contributed by atoms with Gasteiger partial charge in [0.25, 0.3) is 5.91 Å². The molecule has 1 atom stereocenters. The van der Waals surface area contributed by atoms with Crippen LogP contribution in [0, 0.1) is 0 Å². The second kappa shape index (κ2) is 7.60. The molecule has 1 aliphatic heterocycles. The zero-order chi connectivity index (χ0) is 11.8. The van der Waals surface area contributed by atoms with Gasteiger partial charge in [-0.2, -0.15) is 0 Å². The van der Waals surface area contributed by atoms with Crippen LogP contribution in [-0.2, 0) is 14.3 Å². The third kappa shape index (κ3) is 4.47. The summed E-state index contributed by atoms with van der Waals surface area (Å²) in [6, 6.07) is 0. The minimum Gasteiger partial charge on any atom is -0.385 e. The van der Waals surface area contributed by atoms with E-state index in [1.165, 1.54) is 0 Å². The van der Waals surface area contributed by atoms with E-state index in [4.69, 9.17) is 9.47 Å². The first kappa shape index (κ1) is 13.4. The maximum absolute atomic E-state index is 11.9. The van der Waals surface area contributed by atoms with Crippen molar-refractivity contribution in [3.05, 3.63) is 0 Å². The van der Waals surface area contributed by atoms with Gasteiger partial charge in [-0.05, 0) is 13.3 Å². The van der Waals surface area contributed by atoms with Crippen LogP contribution in [0.3, 0.4) is 0 Å². The van der Waals surface area contributed by atoms with Crippen molar-refractivity contribution in [1.29, 1.82) is 0 Å². The van der Waals surface area contributed by atoms with Gasteiger partial charge in [0.2, 0.25) is 0 Å². The summed E-state index contributed by atoms with van der Waals surface area (Å²) in [6.07, 6.45) is 0.491. The predicted octanol–water partition coefficient (Wildman–Crippen LogP) is -0.140. The van der Waals surface area contributed by atoms with Crippen LogP contribution in [0.5, 0.6) is 0 Å². The van der Waals surface area contributed by atoms with Crippen molar-refractivity contribution in [2.45, 2.75) is 19.4 Å². The van der Waals surface area contributed by atoms with Crippen molar-refractivity contribution in [1.82, 2.24) is 10.2 Å². The van der Waals surface area contributed by atoms with Gasteiger partial charge >= 0.3 is 0 Å². The van der Waals surface area contributed by atoms with Crippen LogP contribution in [0.2, 0.25) is 0 Å².